The summed E-state index contributed by atoms with van der Waals surface area (Å²) >= 11 is 0. The monoisotopic (exact) mass is 907 g/mol. The Balaban J connectivity index is 1.07. The van der Waals surface area contributed by atoms with Gasteiger partial charge in [0.05, 0.1) is 38.8 Å². The lowest BCUT2D eigenvalue weighted by atomic mass is 10.0. The van der Waals surface area contributed by atoms with Crippen molar-refractivity contribution in [3.8, 4) is 28.2 Å². The summed E-state index contributed by atoms with van der Waals surface area (Å²) in [6, 6.07) is 101. The number of hydrogen-bond donors (Lipinski definition) is 0. The van der Waals surface area contributed by atoms with Crippen molar-refractivity contribution in [2.75, 3.05) is 0 Å². The fourth-order valence-electron chi connectivity index (χ4n) is 11.8. The first-order valence-electron chi connectivity index (χ1n) is 24.2. The van der Waals surface area contributed by atoms with Gasteiger partial charge < -0.3 is 13.7 Å². The second-order valence-corrected chi connectivity index (χ2v) is 22.2. The van der Waals surface area contributed by atoms with Crippen LogP contribution in [0.5, 0.6) is 0 Å². The lowest BCUT2D eigenvalue weighted by Gasteiger charge is -2.34. The fourth-order valence-corrected chi connectivity index (χ4v) is 16.6. The van der Waals surface area contributed by atoms with Crippen LogP contribution in [0.25, 0.3) is 93.6 Å². The fraction of sp³-hybridized carbons (Fsp3) is 0. The molecule has 0 radical (unpaired) electrons. The van der Waals surface area contributed by atoms with Crippen molar-refractivity contribution in [2.24, 2.45) is 0 Å². The van der Waals surface area contributed by atoms with Gasteiger partial charge in [-0.2, -0.15) is 0 Å². The number of nitrogens with zero attached hydrogens (tertiary/aromatic N) is 3. The largest absolute Gasteiger partial charge is 0.309 e. The molecule has 14 aromatic rings. The van der Waals surface area contributed by atoms with Crippen molar-refractivity contribution >= 4 is 94.2 Å². The number of para-hydroxylation sites is 4. The molecular weight excluding hydrogens is 863 g/mol. The Bertz CT molecular complexity index is 4130. The maximum absolute atomic E-state index is 2.85. The zero-order valence-electron chi connectivity index (χ0n) is 38.3. The zero-order valence-corrected chi connectivity index (χ0v) is 39.3. The molecule has 0 saturated carbocycles. The van der Waals surface area contributed by atoms with Crippen LogP contribution in [-0.2, 0) is 0 Å². The van der Waals surface area contributed by atoms with Crippen LogP contribution in [0.2, 0.25) is 0 Å². The van der Waals surface area contributed by atoms with Crippen LogP contribution in [0, 0.1) is 0 Å². The Morgan fingerprint density at radius 2 is 0.629 bits per heavy atom. The van der Waals surface area contributed by atoms with E-state index in [1.165, 1.54) is 86.4 Å². The summed E-state index contributed by atoms with van der Waals surface area (Å²) in [4.78, 5) is 0. The molecule has 3 heterocycles. The second kappa shape index (κ2) is 16.1. The Hall–Kier alpha value is -8.96. The van der Waals surface area contributed by atoms with Crippen molar-refractivity contribution in [1.82, 2.24) is 13.7 Å². The standard InChI is InChI=1S/C66H45N3Si/c1-5-22-46(23-6-1)47-42-48(67-62-37-20-16-33-58(62)66-63(67)38-21-39-64(66)69-60-35-18-14-30-54(60)55-31-15-19-36-61(55)69)44-49(43-47)68-59-34-17-13-32-56(59)57-41-40-53(45-65(57)68)70(50-24-7-2-8-25-50,51-26-9-3-10-27-51)52-28-11-4-12-29-52/h1-45H. The third-order valence-corrected chi connectivity index (χ3v) is 19.5. The van der Waals surface area contributed by atoms with E-state index in [4.69, 9.17) is 0 Å². The summed E-state index contributed by atoms with van der Waals surface area (Å²) in [6.07, 6.45) is 0. The van der Waals surface area contributed by atoms with Gasteiger partial charge in [0.25, 0.3) is 0 Å². The van der Waals surface area contributed by atoms with Crippen molar-refractivity contribution < 1.29 is 0 Å². The number of hydrogen-bond acceptors (Lipinski definition) is 0. The molecule has 3 nitrogen and oxygen atoms in total. The molecule has 0 N–H and O–H groups in total. The molecule has 0 fully saturated rings. The van der Waals surface area contributed by atoms with Gasteiger partial charge in [-0.05, 0) is 92.5 Å². The maximum atomic E-state index is 2.53. The first-order valence-corrected chi connectivity index (χ1v) is 26.2. The van der Waals surface area contributed by atoms with Crippen LogP contribution in [0.1, 0.15) is 0 Å². The molecule has 3 aromatic heterocycles. The van der Waals surface area contributed by atoms with Crippen molar-refractivity contribution in [3.05, 3.63) is 273 Å². The van der Waals surface area contributed by atoms with E-state index in [1.54, 1.807) is 0 Å². The normalized spacial score (nSPS) is 12.0. The summed E-state index contributed by atoms with van der Waals surface area (Å²) in [5.74, 6) is 0. The van der Waals surface area contributed by atoms with Crippen LogP contribution in [-0.4, -0.2) is 21.8 Å². The highest BCUT2D eigenvalue weighted by molar-refractivity contribution is 7.20. The third kappa shape index (κ3) is 6.00. The Morgan fingerprint density at radius 3 is 1.16 bits per heavy atom. The lowest BCUT2D eigenvalue weighted by molar-refractivity contribution is 1.13. The Kier molecular flexibility index (Phi) is 9.23. The minimum Gasteiger partial charge on any atom is -0.309 e. The van der Waals surface area contributed by atoms with Gasteiger partial charge in [0.1, 0.15) is 0 Å². The molecule has 11 aromatic carbocycles. The van der Waals surface area contributed by atoms with E-state index in [-0.39, 0.29) is 0 Å². The molecule has 0 saturated heterocycles. The molecule has 0 amide bonds. The van der Waals surface area contributed by atoms with Gasteiger partial charge in [0.2, 0.25) is 0 Å². The summed E-state index contributed by atoms with van der Waals surface area (Å²) in [6.45, 7) is 0. The average molecular weight is 908 g/mol. The van der Waals surface area contributed by atoms with E-state index in [0.29, 0.717) is 0 Å². The van der Waals surface area contributed by atoms with E-state index in [0.717, 1.165) is 28.0 Å². The topological polar surface area (TPSA) is 14.8 Å². The molecule has 0 atom stereocenters. The summed E-state index contributed by atoms with van der Waals surface area (Å²) in [5, 5.41) is 12.8. The smallest absolute Gasteiger partial charge is 0.179 e. The van der Waals surface area contributed by atoms with Crippen LogP contribution in [0.4, 0.5) is 0 Å². The number of aromatic nitrogens is 3. The first-order chi connectivity index (χ1) is 34.8. The van der Waals surface area contributed by atoms with E-state index >= 15 is 0 Å². The van der Waals surface area contributed by atoms with Gasteiger partial charge in [-0.15, -0.1) is 0 Å². The minimum atomic E-state index is -2.85. The van der Waals surface area contributed by atoms with Gasteiger partial charge >= 0.3 is 0 Å². The highest BCUT2D eigenvalue weighted by Gasteiger charge is 2.41. The number of fused-ring (bicyclic) bond motifs is 9. The van der Waals surface area contributed by atoms with E-state index < -0.39 is 8.07 Å². The van der Waals surface area contributed by atoms with E-state index in [2.05, 4.69) is 287 Å². The molecular formula is C66H45N3Si. The van der Waals surface area contributed by atoms with Gasteiger partial charge in [-0.25, -0.2) is 0 Å². The first kappa shape index (κ1) is 40.1. The summed E-state index contributed by atoms with van der Waals surface area (Å²) in [7, 11) is -2.85. The van der Waals surface area contributed by atoms with Crippen LogP contribution in [0.15, 0.2) is 273 Å². The molecule has 70 heavy (non-hydrogen) atoms. The summed E-state index contributed by atoms with van der Waals surface area (Å²) in [5.41, 5.74) is 12.8. The predicted molar refractivity (Wildman–Crippen MR) is 299 cm³/mol. The quantitative estimate of drug-likeness (QED) is 0.107. The molecule has 0 aliphatic rings. The van der Waals surface area contributed by atoms with Crippen LogP contribution < -0.4 is 20.7 Å². The Labute approximate surface area is 407 Å². The zero-order chi connectivity index (χ0) is 46.2. The highest BCUT2D eigenvalue weighted by atomic mass is 28.3. The minimum absolute atomic E-state index is 1.10. The van der Waals surface area contributed by atoms with E-state index in [9.17, 15) is 0 Å². The van der Waals surface area contributed by atoms with Crippen molar-refractivity contribution in [3.63, 3.8) is 0 Å². The molecule has 4 heteroatoms. The third-order valence-electron chi connectivity index (χ3n) is 14.7. The molecule has 0 unspecified atom stereocenters. The predicted octanol–water partition coefficient (Wildman–Crippen LogP) is 14.0. The van der Waals surface area contributed by atoms with Gasteiger partial charge in [0.15, 0.2) is 8.07 Å². The molecule has 0 spiro atoms. The van der Waals surface area contributed by atoms with Crippen molar-refractivity contribution in [1.29, 1.82) is 0 Å². The molecule has 0 bridgehead atoms. The SMILES string of the molecule is c1ccc(-c2cc(-n3c4ccccc4c4ccc([Si](c5ccccc5)(c5ccccc5)c5ccccc5)cc43)cc(-n3c4ccccc4c4c(-n5c6ccccc6c6ccccc65)cccc43)c2)cc1. The van der Waals surface area contributed by atoms with Gasteiger partial charge in [-0.1, -0.05) is 212 Å². The molecule has 0 aliphatic carbocycles. The lowest BCUT2D eigenvalue weighted by Crippen LogP contribution is -2.74. The van der Waals surface area contributed by atoms with Crippen molar-refractivity contribution in [2.45, 2.75) is 0 Å². The molecule has 0 aliphatic heterocycles. The second-order valence-electron chi connectivity index (χ2n) is 18.4. The highest BCUT2D eigenvalue weighted by Crippen LogP contribution is 2.42. The number of benzene rings is 11. The average Bonchev–Trinajstić information content (AvgIpc) is 4.08. The van der Waals surface area contributed by atoms with Crippen LogP contribution in [0.3, 0.4) is 0 Å². The van der Waals surface area contributed by atoms with Gasteiger partial charge in [-0.3, -0.25) is 0 Å². The molecule has 14 rings (SSSR count). The van der Waals surface area contributed by atoms with Crippen LogP contribution >= 0.6 is 0 Å². The van der Waals surface area contributed by atoms with Gasteiger partial charge in [0, 0.05) is 43.7 Å². The maximum Gasteiger partial charge on any atom is 0.179 e. The molecule has 328 valence electrons. The number of rotatable bonds is 8. The Morgan fingerprint density at radius 1 is 0.229 bits per heavy atom. The summed E-state index contributed by atoms with van der Waals surface area (Å²) < 4.78 is 7.49. The van der Waals surface area contributed by atoms with E-state index in [1.807, 2.05) is 0 Å².